The van der Waals surface area contributed by atoms with Gasteiger partial charge in [0.2, 0.25) is 0 Å². The van der Waals surface area contributed by atoms with Crippen LogP contribution in [0.3, 0.4) is 0 Å². The first-order valence-electron chi connectivity index (χ1n) is 15.0. The number of hydrogen-bond acceptors (Lipinski definition) is 8. The number of allylic oxidation sites excluding steroid dienone is 2. The maximum Gasteiger partial charge on any atom is 0.325 e. The molecule has 236 valence electrons. The standard InChI is InChI=1S/C36H34BrN3O6/c1-4-45-31-17-26(14-28(37)35(31)46-20-22-9-8-12-24(13-22)36(43)39-19-32(42)44-3)33-27(18-38)21(2)40-29-15-25(16-30(41)34(29)33)23-10-6-5-7-11-23/h5-14,17,25,27,33H,4,15-16,19-20H2,1-3H3,(H,39,43). The van der Waals surface area contributed by atoms with E-state index in [9.17, 15) is 19.6 Å². The molecule has 46 heavy (non-hydrogen) atoms. The van der Waals surface area contributed by atoms with E-state index in [4.69, 9.17) is 14.5 Å². The molecule has 0 bridgehead atoms. The molecule has 0 saturated carbocycles. The van der Waals surface area contributed by atoms with E-state index in [1.54, 1.807) is 18.2 Å². The second-order valence-corrected chi connectivity index (χ2v) is 12.0. The van der Waals surface area contributed by atoms with E-state index in [0.29, 0.717) is 52.3 Å². The van der Waals surface area contributed by atoms with Crippen LogP contribution >= 0.6 is 15.9 Å². The zero-order chi connectivity index (χ0) is 32.8. The van der Waals surface area contributed by atoms with Crippen LogP contribution in [0.5, 0.6) is 11.5 Å². The van der Waals surface area contributed by atoms with Crippen molar-refractivity contribution < 1.29 is 28.6 Å². The molecule has 0 spiro atoms. The molecule has 5 rings (SSSR count). The number of amides is 1. The lowest BCUT2D eigenvalue weighted by Crippen LogP contribution is -2.32. The quantitative estimate of drug-likeness (QED) is 0.244. The summed E-state index contributed by atoms with van der Waals surface area (Å²) in [5, 5.41) is 12.8. The number of ether oxygens (including phenoxy) is 3. The molecule has 0 radical (unpaired) electrons. The number of hydrogen-bond donors (Lipinski definition) is 1. The average Bonchev–Trinajstić information content (AvgIpc) is 3.06. The summed E-state index contributed by atoms with van der Waals surface area (Å²) in [7, 11) is 1.26. The van der Waals surface area contributed by atoms with E-state index in [2.05, 4.69) is 32.1 Å². The maximum absolute atomic E-state index is 13.8. The van der Waals surface area contributed by atoms with Crippen LogP contribution in [0, 0.1) is 17.2 Å². The Hall–Kier alpha value is -4.75. The molecule has 0 saturated heterocycles. The van der Waals surface area contributed by atoms with E-state index in [1.165, 1.54) is 7.11 Å². The topological polar surface area (TPSA) is 127 Å². The number of Topliss-reactive ketones (excluding diaryl/α,β-unsaturated/α-hetero) is 1. The van der Waals surface area contributed by atoms with Gasteiger partial charge in [0, 0.05) is 34.9 Å². The normalized spacial score (nSPS) is 19.0. The van der Waals surface area contributed by atoms with Gasteiger partial charge in [-0.05, 0) is 83.1 Å². The molecule has 10 heteroatoms. The van der Waals surface area contributed by atoms with Crippen molar-refractivity contribution in [2.45, 2.75) is 45.1 Å². The number of esters is 1. The summed E-state index contributed by atoms with van der Waals surface area (Å²) in [6.45, 7) is 3.97. The SMILES string of the molecule is CCOc1cc(C2C3=C(CC(c4ccccc4)CC3=O)N=C(C)C2C#N)cc(Br)c1OCc1cccc(C(=O)NCC(=O)OC)c1. The van der Waals surface area contributed by atoms with Gasteiger partial charge in [-0.25, -0.2) is 0 Å². The highest BCUT2D eigenvalue weighted by molar-refractivity contribution is 9.10. The van der Waals surface area contributed by atoms with Gasteiger partial charge in [0.05, 0.1) is 30.2 Å². The summed E-state index contributed by atoms with van der Waals surface area (Å²) in [4.78, 5) is 42.5. The molecule has 1 aliphatic carbocycles. The summed E-state index contributed by atoms with van der Waals surface area (Å²) in [5.41, 5.74) is 4.97. The number of ketones is 1. The molecule has 1 aliphatic heterocycles. The zero-order valence-electron chi connectivity index (χ0n) is 25.8. The van der Waals surface area contributed by atoms with E-state index in [-0.39, 0.29) is 24.9 Å². The highest BCUT2D eigenvalue weighted by Gasteiger charge is 2.42. The summed E-state index contributed by atoms with van der Waals surface area (Å²) in [5.74, 6) is -1.13. The average molecular weight is 685 g/mol. The molecule has 1 amide bonds. The lowest BCUT2D eigenvalue weighted by atomic mass is 9.69. The Kier molecular flexibility index (Phi) is 10.3. The summed E-state index contributed by atoms with van der Waals surface area (Å²) in [6, 6.07) is 23.0. The first kappa shape index (κ1) is 32.6. The molecular formula is C36H34BrN3O6. The second-order valence-electron chi connectivity index (χ2n) is 11.1. The van der Waals surface area contributed by atoms with Crippen LogP contribution in [0.2, 0.25) is 0 Å². The minimum absolute atomic E-state index is 0.00140. The van der Waals surface area contributed by atoms with Gasteiger partial charge in [-0.2, -0.15) is 5.26 Å². The Morgan fingerprint density at radius 3 is 2.54 bits per heavy atom. The van der Waals surface area contributed by atoms with Crippen LogP contribution in [0.4, 0.5) is 0 Å². The fourth-order valence-electron chi connectivity index (χ4n) is 6.00. The Morgan fingerprint density at radius 2 is 1.83 bits per heavy atom. The third-order valence-electron chi connectivity index (χ3n) is 8.18. The zero-order valence-corrected chi connectivity index (χ0v) is 27.4. The molecule has 2 aliphatic rings. The molecule has 3 atom stereocenters. The Labute approximate surface area is 276 Å². The number of rotatable bonds is 10. The number of methoxy groups -OCH3 is 1. The van der Waals surface area contributed by atoms with Gasteiger partial charge in [0.1, 0.15) is 13.2 Å². The maximum atomic E-state index is 13.8. The molecule has 3 aromatic carbocycles. The molecular weight excluding hydrogens is 650 g/mol. The van der Waals surface area contributed by atoms with Gasteiger partial charge >= 0.3 is 5.97 Å². The predicted octanol–water partition coefficient (Wildman–Crippen LogP) is 6.43. The van der Waals surface area contributed by atoms with Crippen molar-refractivity contribution >= 4 is 39.3 Å². The fraction of sp³-hybridized carbons (Fsp3) is 0.306. The number of nitrogens with one attached hydrogen (secondary N) is 1. The molecule has 9 nitrogen and oxygen atoms in total. The first-order valence-corrected chi connectivity index (χ1v) is 15.8. The molecule has 3 unspecified atom stereocenters. The molecule has 1 heterocycles. The van der Waals surface area contributed by atoms with Crippen LogP contribution in [0.1, 0.15) is 65.6 Å². The lowest BCUT2D eigenvalue weighted by molar-refractivity contribution is -0.139. The van der Waals surface area contributed by atoms with Gasteiger partial charge in [0.25, 0.3) is 5.91 Å². The predicted molar refractivity (Wildman–Crippen MR) is 176 cm³/mol. The van der Waals surface area contributed by atoms with Crippen molar-refractivity contribution in [1.29, 1.82) is 5.26 Å². The monoisotopic (exact) mass is 683 g/mol. The summed E-state index contributed by atoms with van der Waals surface area (Å²) in [6.07, 6.45) is 0.976. The summed E-state index contributed by atoms with van der Waals surface area (Å²) < 4.78 is 17.4. The number of carbonyl (C=O) groups is 3. The minimum atomic E-state index is -0.614. The second kappa shape index (κ2) is 14.6. The van der Waals surface area contributed by atoms with Crippen molar-refractivity contribution in [2.75, 3.05) is 20.3 Å². The van der Waals surface area contributed by atoms with E-state index in [0.717, 1.165) is 22.4 Å². The van der Waals surface area contributed by atoms with Crippen LogP contribution in [-0.4, -0.2) is 43.6 Å². The molecule has 3 aromatic rings. The number of nitriles is 1. The van der Waals surface area contributed by atoms with E-state index >= 15 is 0 Å². The van der Waals surface area contributed by atoms with Crippen molar-refractivity contribution in [3.63, 3.8) is 0 Å². The Bertz CT molecular complexity index is 1760. The van der Waals surface area contributed by atoms with Crippen LogP contribution in [0.25, 0.3) is 0 Å². The first-order chi connectivity index (χ1) is 22.2. The largest absolute Gasteiger partial charge is 0.490 e. The number of aliphatic imine (C=N–C) groups is 1. The minimum Gasteiger partial charge on any atom is -0.490 e. The van der Waals surface area contributed by atoms with Crippen LogP contribution in [0.15, 0.2) is 87.5 Å². The van der Waals surface area contributed by atoms with Crippen LogP contribution < -0.4 is 14.8 Å². The number of nitrogens with zero attached hydrogens (tertiary/aromatic N) is 2. The van der Waals surface area contributed by atoms with Crippen molar-refractivity contribution in [2.24, 2.45) is 10.9 Å². The third kappa shape index (κ3) is 7.05. The van der Waals surface area contributed by atoms with Crippen molar-refractivity contribution in [3.05, 3.63) is 105 Å². The number of halogens is 1. The van der Waals surface area contributed by atoms with Crippen molar-refractivity contribution in [3.8, 4) is 17.6 Å². The van der Waals surface area contributed by atoms with Gasteiger partial charge < -0.3 is 19.5 Å². The smallest absolute Gasteiger partial charge is 0.325 e. The third-order valence-corrected chi connectivity index (χ3v) is 8.77. The van der Waals surface area contributed by atoms with Gasteiger partial charge in [-0.1, -0.05) is 42.5 Å². The Morgan fingerprint density at radius 1 is 1.04 bits per heavy atom. The van der Waals surface area contributed by atoms with Gasteiger partial charge in [0.15, 0.2) is 17.3 Å². The number of carbonyl (C=O) groups excluding carboxylic acids is 3. The van der Waals surface area contributed by atoms with Crippen LogP contribution in [-0.2, 0) is 20.9 Å². The highest BCUT2D eigenvalue weighted by Crippen LogP contribution is 2.49. The van der Waals surface area contributed by atoms with Crippen molar-refractivity contribution in [1.82, 2.24) is 5.32 Å². The van der Waals surface area contributed by atoms with Gasteiger partial charge in [-0.15, -0.1) is 0 Å². The molecule has 0 fully saturated rings. The fourth-order valence-corrected chi connectivity index (χ4v) is 6.58. The number of benzene rings is 3. The van der Waals surface area contributed by atoms with E-state index < -0.39 is 23.7 Å². The Balaban J connectivity index is 1.43. The summed E-state index contributed by atoms with van der Waals surface area (Å²) >= 11 is 3.66. The van der Waals surface area contributed by atoms with E-state index in [1.807, 2.05) is 62.4 Å². The molecule has 0 aromatic heterocycles. The highest BCUT2D eigenvalue weighted by atomic mass is 79.9. The molecule has 1 N–H and O–H groups in total. The lowest BCUT2D eigenvalue weighted by Gasteiger charge is -2.35. The van der Waals surface area contributed by atoms with Gasteiger partial charge in [-0.3, -0.25) is 19.4 Å².